The molecule has 0 spiro atoms. The summed E-state index contributed by atoms with van der Waals surface area (Å²) in [4.78, 5) is 35.7. The Kier molecular flexibility index (Phi) is 4.88. The molecule has 1 heterocycles. The predicted molar refractivity (Wildman–Crippen MR) is 66.2 cm³/mol. The highest BCUT2D eigenvalue weighted by atomic mass is 16.5. The minimum absolute atomic E-state index is 0.00917. The number of hydrogen-bond acceptors (Lipinski definition) is 4. The van der Waals surface area contributed by atoms with Crippen LogP contribution in [-0.2, 0) is 19.1 Å². The molecule has 2 unspecified atom stereocenters. The Bertz CT molecular complexity index is 384. The highest BCUT2D eigenvalue weighted by Crippen LogP contribution is 2.23. The van der Waals surface area contributed by atoms with Gasteiger partial charge in [0.05, 0.1) is 0 Å². The zero-order valence-corrected chi connectivity index (χ0v) is 11.2. The number of carboxylic acids is 1. The summed E-state index contributed by atoms with van der Waals surface area (Å²) in [5, 5.41) is 9.10. The van der Waals surface area contributed by atoms with Gasteiger partial charge in [0.1, 0.15) is 0 Å². The second-order valence-corrected chi connectivity index (χ2v) is 4.97. The molecule has 0 saturated carbocycles. The van der Waals surface area contributed by atoms with Gasteiger partial charge in [-0.2, -0.15) is 0 Å². The SMILES string of the molecule is COC(C)(C(=O)O)C(=O)N1CCCC(CC(N)=O)C1. The van der Waals surface area contributed by atoms with Crippen molar-refractivity contribution >= 4 is 17.8 Å². The first kappa shape index (κ1) is 15.4. The first-order chi connectivity index (χ1) is 8.81. The van der Waals surface area contributed by atoms with Crippen LogP contribution in [0.1, 0.15) is 26.2 Å². The third kappa shape index (κ3) is 3.44. The lowest BCUT2D eigenvalue weighted by Crippen LogP contribution is -2.55. The number of methoxy groups -OCH3 is 1. The Labute approximate surface area is 111 Å². The first-order valence-electron chi connectivity index (χ1n) is 6.17. The molecule has 7 nitrogen and oxygen atoms in total. The molecule has 0 bridgehead atoms. The Morgan fingerprint density at radius 3 is 2.58 bits per heavy atom. The molecular formula is C12H20N2O5. The summed E-state index contributed by atoms with van der Waals surface area (Å²) in [7, 11) is 1.19. The molecule has 2 atom stereocenters. The Hall–Kier alpha value is -1.63. The molecule has 2 amide bonds. The highest BCUT2D eigenvalue weighted by Gasteiger charge is 2.45. The van der Waals surface area contributed by atoms with Crippen LogP contribution in [0.5, 0.6) is 0 Å². The molecule has 1 rings (SSSR count). The van der Waals surface area contributed by atoms with Crippen molar-refractivity contribution in [3.8, 4) is 0 Å². The summed E-state index contributed by atoms with van der Waals surface area (Å²) in [6, 6.07) is 0. The van der Waals surface area contributed by atoms with E-state index in [0.29, 0.717) is 13.1 Å². The number of primary amides is 1. The zero-order chi connectivity index (χ0) is 14.6. The maximum atomic E-state index is 12.2. The van der Waals surface area contributed by atoms with Gasteiger partial charge >= 0.3 is 5.97 Å². The number of hydrogen-bond donors (Lipinski definition) is 2. The lowest BCUT2D eigenvalue weighted by atomic mass is 9.93. The van der Waals surface area contributed by atoms with Crippen LogP contribution in [0.15, 0.2) is 0 Å². The Morgan fingerprint density at radius 2 is 2.11 bits per heavy atom. The fourth-order valence-electron chi connectivity index (χ4n) is 2.27. The van der Waals surface area contributed by atoms with Crippen LogP contribution < -0.4 is 5.73 Å². The fraction of sp³-hybridized carbons (Fsp3) is 0.750. The van der Waals surface area contributed by atoms with Crippen molar-refractivity contribution in [2.75, 3.05) is 20.2 Å². The van der Waals surface area contributed by atoms with Crippen LogP contribution in [0.2, 0.25) is 0 Å². The molecule has 108 valence electrons. The van der Waals surface area contributed by atoms with E-state index in [0.717, 1.165) is 12.8 Å². The van der Waals surface area contributed by atoms with Gasteiger partial charge < -0.3 is 20.5 Å². The predicted octanol–water partition coefficient (Wildman–Crippen LogP) is -0.410. The van der Waals surface area contributed by atoms with Crippen LogP contribution in [0.4, 0.5) is 0 Å². The van der Waals surface area contributed by atoms with Gasteiger partial charge in [0.15, 0.2) is 0 Å². The van der Waals surface area contributed by atoms with Crippen LogP contribution >= 0.6 is 0 Å². The van der Waals surface area contributed by atoms with Gasteiger partial charge in [0.2, 0.25) is 11.5 Å². The number of carbonyl (C=O) groups is 3. The quantitative estimate of drug-likeness (QED) is 0.661. The lowest BCUT2D eigenvalue weighted by Gasteiger charge is -2.36. The van der Waals surface area contributed by atoms with Crippen molar-refractivity contribution in [3.05, 3.63) is 0 Å². The molecule has 0 aromatic rings. The third-order valence-electron chi connectivity index (χ3n) is 3.52. The van der Waals surface area contributed by atoms with Gasteiger partial charge in [-0.15, -0.1) is 0 Å². The second-order valence-electron chi connectivity index (χ2n) is 4.97. The molecule has 7 heteroatoms. The van der Waals surface area contributed by atoms with E-state index in [1.165, 1.54) is 18.9 Å². The van der Waals surface area contributed by atoms with Crippen LogP contribution in [0.3, 0.4) is 0 Å². The van der Waals surface area contributed by atoms with E-state index in [-0.39, 0.29) is 12.3 Å². The number of aliphatic carboxylic acids is 1. The van der Waals surface area contributed by atoms with Crippen LogP contribution in [0, 0.1) is 5.92 Å². The summed E-state index contributed by atoms with van der Waals surface area (Å²) in [5.41, 5.74) is 3.26. The largest absolute Gasteiger partial charge is 0.479 e. The summed E-state index contributed by atoms with van der Waals surface area (Å²) in [5.74, 6) is -2.33. The van der Waals surface area contributed by atoms with E-state index in [1.807, 2.05) is 0 Å². The van der Waals surface area contributed by atoms with E-state index in [2.05, 4.69) is 0 Å². The van der Waals surface area contributed by atoms with Crippen molar-refractivity contribution in [3.63, 3.8) is 0 Å². The Morgan fingerprint density at radius 1 is 1.47 bits per heavy atom. The van der Waals surface area contributed by atoms with E-state index < -0.39 is 23.4 Å². The van der Waals surface area contributed by atoms with E-state index >= 15 is 0 Å². The molecule has 3 N–H and O–H groups in total. The maximum Gasteiger partial charge on any atom is 0.345 e. The van der Waals surface area contributed by atoms with E-state index in [9.17, 15) is 14.4 Å². The van der Waals surface area contributed by atoms with Gasteiger partial charge in [0.25, 0.3) is 5.91 Å². The number of carboxylic acid groups (broad SMARTS) is 1. The topological polar surface area (TPSA) is 110 Å². The van der Waals surface area contributed by atoms with Crippen LogP contribution in [0.25, 0.3) is 0 Å². The number of piperidine rings is 1. The summed E-state index contributed by atoms with van der Waals surface area (Å²) in [6.07, 6.45) is 1.74. The van der Waals surface area contributed by atoms with Crippen LogP contribution in [-0.4, -0.2) is 53.6 Å². The lowest BCUT2D eigenvalue weighted by molar-refractivity contribution is -0.174. The van der Waals surface area contributed by atoms with E-state index in [1.54, 1.807) is 0 Å². The molecule has 0 aliphatic carbocycles. The van der Waals surface area contributed by atoms with Crippen molar-refractivity contribution < 1.29 is 24.2 Å². The molecule has 1 aliphatic heterocycles. The molecule has 1 fully saturated rings. The number of rotatable bonds is 5. The summed E-state index contributed by atoms with van der Waals surface area (Å²) in [6.45, 7) is 2.05. The molecule has 1 saturated heterocycles. The van der Waals surface area contributed by atoms with Gasteiger partial charge in [-0.1, -0.05) is 0 Å². The number of carbonyl (C=O) groups excluding carboxylic acids is 2. The first-order valence-corrected chi connectivity index (χ1v) is 6.17. The summed E-state index contributed by atoms with van der Waals surface area (Å²) >= 11 is 0. The van der Waals surface area contributed by atoms with Gasteiger partial charge in [0, 0.05) is 26.6 Å². The monoisotopic (exact) mass is 272 g/mol. The van der Waals surface area contributed by atoms with Gasteiger partial charge in [-0.3, -0.25) is 9.59 Å². The molecular weight excluding hydrogens is 252 g/mol. The zero-order valence-electron chi connectivity index (χ0n) is 11.2. The van der Waals surface area contributed by atoms with Crippen molar-refractivity contribution in [2.24, 2.45) is 11.7 Å². The average Bonchev–Trinajstić information content (AvgIpc) is 2.36. The van der Waals surface area contributed by atoms with Crippen molar-refractivity contribution in [1.82, 2.24) is 4.90 Å². The standard InChI is InChI=1S/C12H20N2O5/c1-12(19-2,11(17)18)10(16)14-5-3-4-8(7-14)6-9(13)15/h8H,3-7H2,1-2H3,(H2,13,15)(H,17,18). The average molecular weight is 272 g/mol. The van der Waals surface area contributed by atoms with Gasteiger partial charge in [-0.05, 0) is 25.7 Å². The molecule has 0 radical (unpaired) electrons. The minimum Gasteiger partial charge on any atom is -0.479 e. The highest BCUT2D eigenvalue weighted by molar-refractivity contribution is 6.05. The second kappa shape index (κ2) is 6.01. The number of nitrogens with two attached hydrogens (primary N) is 1. The normalized spacial score (nSPS) is 22.6. The number of nitrogens with zero attached hydrogens (tertiary/aromatic N) is 1. The number of amides is 2. The fourth-order valence-corrected chi connectivity index (χ4v) is 2.27. The molecule has 0 aromatic carbocycles. The van der Waals surface area contributed by atoms with Gasteiger partial charge in [-0.25, -0.2) is 4.79 Å². The Balaban J connectivity index is 2.76. The number of likely N-dealkylation sites (tertiary alicyclic amines) is 1. The van der Waals surface area contributed by atoms with Crippen molar-refractivity contribution in [2.45, 2.75) is 31.8 Å². The third-order valence-corrected chi connectivity index (χ3v) is 3.52. The van der Waals surface area contributed by atoms with E-state index in [4.69, 9.17) is 15.6 Å². The molecule has 19 heavy (non-hydrogen) atoms. The number of ether oxygens (including phenoxy) is 1. The van der Waals surface area contributed by atoms with Crippen molar-refractivity contribution in [1.29, 1.82) is 0 Å². The molecule has 0 aromatic heterocycles. The minimum atomic E-state index is -1.88. The summed E-state index contributed by atoms with van der Waals surface area (Å²) < 4.78 is 4.85. The maximum absolute atomic E-state index is 12.2. The smallest absolute Gasteiger partial charge is 0.345 e. The molecule has 1 aliphatic rings.